The molecule has 0 aromatic heterocycles. The van der Waals surface area contributed by atoms with Crippen LogP contribution < -0.4 is 0 Å². The fourth-order valence-electron chi connectivity index (χ4n) is 4.36. The number of carboxylic acid groups (broad SMARTS) is 1. The molecule has 138 valence electrons. The van der Waals surface area contributed by atoms with Crippen LogP contribution in [0, 0.1) is 5.92 Å². The van der Waals surface area contributed by atoms with Gasteiger partial charge in [0.25, 0.3) is 0 Å². The van der Waals surface area contributed by atoms with E-state index in [-0.39, 0.29) is 0 Å². The van der Waals surface area contributed by atoms with Gasteiger partial charge in [0.05, 0.1) is 5.56 Å². The summed E-state index contributed by atoms with van der Waals surface area (Å²) in [7, 11) is 0. The number of unbranched alkanes of at least 4 members (excludes halogenated alkanes) is 2. The molecule has 2 aromatic carbocycles. The number of carbonyl (C=O) groups is 1. The van der Waals surface area contributed by atoms with Crippen molar-refractivity contribution in [3.8, 4) is 11.1 Å². The van der Waals surface area contributed by atoms with E-state index in [4.69, 9.17) is 0 Å². The number of aromatic carboxylic acids is 1. The molecule has 1 N–H and O–H groups in total. The molecule has 2 aromatic rings. The summed E-state index contributed by atoms with van der Waals surface area (Å²) >= 11 is 0. The Morgan fingerprint density at radius 3 is 2.38 bits per heavy atom. The summed E-state index contributed by atoms with van der Waals surface area (Å²) in [4.78, 5) is 11.5. The Balaban J connectivity index is 1.80. The largest absolute Gasteiger partial charge is 0.478 e. The molecular weight excluding hydrogens is 320 g/mol. The molecule has 2 nitrogen and oxygen atoms in total. The number of benzene rings is 2. The molecule has 0 aliphatic heterocycles. The van der Waals surface area contributed by atoms with Gasteiger partial charge in [0, 0.05) is 0 Å². The Labute approximate surface area is 157 Å². The molecule has 0 unspecified atom stereocenters. The molecule has 1 aliphatic carbocycles. The van der Waals surface area contributed by atoms with Gasteiger partial charge in [-0.15, -0.1) is 0 Å². The van der Waals surface area contributed by atoms with Gasteiger partial charge in [0.15, 0.2) is 0 Å². The minimum Gasteiger partial charge on any atom is -0.478 e. The molecule has 0 heterocycles. The van der Waals surface area contributed by atoms with Crippen LogP contribution in [0.1, 0.15) is 80.1 Å². The lowest BCUT2D eigenvalue weighted by atomic mass is 9.75. The van der Waals surface area contributed by atoms with Gasteiger partial charge < -0.3 is 5.11 Å². The van der Waals surface area contributed by atoms with Crippen LogP contribution in [0.2, 0.25) is 0 Å². The van der Waals surface area contributed by atoms with Gasteiger partial charge in [-0.05, 0) is 66.3 Å². The third-order valence-electron chi connectivity index (χ3n) is 5.89. The van der Waals surface area contributed by atoms with E-state index < -0.39 is 5.97 Å². The molecule has 0 atom stereocenters. The smallest absolute Gasteiger partial charge is 0.335 e. The second-order valence-electron chi connectivity index (χ2n) is 7.69. The van der Waals surface area contributed by atoms with E-state index in [1.807, 2.05) is 18.2 Å². The normalized spacial score (nSPS) is 20.0. The average molecular weight is 351 g/mol. The van der Waals surface area contributed by atoms with Gasteiger partial charge in [-0.1, -0.05) is 69.0 Å². The maximum Gasteiger partial charge on any atom is 0.335 e. The maximum atomic E-state index is 11.5. The summed E-state index contributed by atoms with van der Waals surface area (Å²) in [5, 5.41) is 9.43. The number of rotatable bonds is 7. The maximum absolute atomic E-state index is 11.5. The van der Waals surface area contributed by atoms with Crippen LogP contribution in [0.25, 0.3) is 11.1 Å². The quantitative estimate of drug-likeness (QED) is 0.551. The lowest BCUT2D eigenvalue weighted by molar-refractivity contribution is 0.0696. The van der Waals surface area contributed by atoms with Gasteiger partial charge in [0.1, 0.15) is 0 Å². The lowest BCUT2D eigenvalue weighted by Crippen LogP contribution is -2.14. The first kappa shape index (κ1) is 18.7. The highest BCUT2D eigenvalue weighted by atomic mass is 16.4. The highest BCUT2D eigenvalue weighted by molar-refractivity contribution is 5.89. The van der Waals surface area contributed by atoms with Crippen molar-refractivity contribution in [1.82, 2.24) is 0 Å². The topological polar surface area (TPSA) is 37.3 Å². The Bertz CT molecular complexity index is 712. The molecular formula is C24H30O2. The van der Waals surface area contributed by atoms with E-state index in [9.17, 15) is 9.90 Å². The van der Waals surface area contributed by atoms with Crippen molar-refractivity contribution in [2.24, 2.45) is 5.92 Å². The van der Waals surface area contributed by atoms with Crippen molar-refractivity contribution in [2.45, 2.75) is 64.2 Å². The summed E-state index contributed by atoms with van der Waals surface area (Å²) in [5.41, 5.74) is 4.02. The fourth-order valence-corrected chi connectivity index (χ4v) is 4.36. The van der Waals surface area contributed by atoms with Crippen molar-refractivity contribution < 1.29 is 9.90 Å². The molecule has 1 aliphatic rings. The average Bonchev–Trinajstić information content (AvgIpc) is 2.69. The summed E-state index contributed by atoms with van der Waals surface area (Å²) in [6, 6.07) is 16.0. The third-order valence-corrected chi connectivity index (χ3v) is 5.89. The van der Waals surface area contributed by atoms with Crippen molar-refractivity contribution >= 4 is 5.97 Å². The van der Waals surface area contributed by atoms with Crippen LogP contribution >= 0.6 is 0 Å². The molecule has 0 bridgehead atoms. The fraction of sp³-hybridized carbons (Fsp3) is 0.458. The number of hydrogen-bond acceptors (Lipinski definition) is 1. The molecule has 26 heavy (non-hydrogen) atoms. The molecule has 0 amide bonds. The van der Waals surface area contributed by atoms with E-state index in [2.05, 4.69) is 31.2 Å². The summed E-state index contributed by atoms with van der Waals surface area (Å²) in [5.74, 6) is 0.506. The zero-order valence-corrected chi connectivity index (χ0v) is 15.8. The van der Waals surface area contributed by atoms with Gasteiger partial charge in [-0.2, -0.15) is 0 Å². The van der Waals surface area contributed by atoms with Crippen molar-refractivity contribution in [3.63, 3.8) is 0 Å². The first-order valence-electron chi connectivity index (χ1n) is 10.1. The second-order valence-corrected chi connectivity index (χ2v) is 7.69. The van der Waals surface area contributed by atoms with Gasteiger partial charge in [-0.25, -0.2) is 4.79 Å². The van der Waals surface area contributed by atoms with Gasteiger partial charge >= 0.3 is 5.97 Å². The highest BCUT2D eigenvalue weighted by Crippen LogP contribution is 2.41. The van der Waals surface area contributed by atoms with Crippen molar-refractivity contribution in [2.75, 3.05) is 0 Å². The first-order chi connectivity index (χ1) is 12.7. The van der Waals surface area contributed by atoms with Crippen LogP contribution in [0.5, 0.6) is 0 Å². The van der Waals surface area contributed by atoms with Gasteiger partial charge in [0.2, 0.25) is 0 Å². The van der Waals surface area contributed by atoms with E-state index in [0.717, 1.165) is 5.92 Å². The summed E-state index contributed by atoms with van der Waals surface area (Å²) in [6.07, 6.45) is 10.3. The number of hydrogen-bond donors (Lipinski definition) is 1. The number of carboxylic acids is 1. The highest BCUT2D eigenvalue weighted by Gasteiger charge is 2.25. The zero-order chi connectivity index (χ0) is 18.4. The summed E-state index contributed by atoms with van der Waals surface area (Å²) < 4.78 is 0. The second kappa shape index (κ2) is 9.02. The minimum absolute atomic E-state index is 0.407. The minimum atomic E-state index is -0.834. The molecule has 3 rings (SSSR count). The molecule has 0 saturated heterocycles. The Morgan fingerprint density at radius 1 is 1.00 bits per heavy atom. The van der Waals surface area contributed by atoms with E-state index in [0.29, 0.717) is 11.5 Å². The Kier molecular flexibility index (Phi) is 6.49. The third kappa shape index (κ3) is 4.55. The SMILES string of the molecule is CCCCCC1CCC(c2cc(C(=O)O)ccc2-c2ccccc2)CC1. The van der Waals surface area contributed by atoms with Gasteiger partial charge in [-0.3, -0.25) is 0 Å². The van der Waals surface area contributed by atoms with E-state index >= 15 is 0 Å². The molecule has 1 saturated carbocycles. The van der Waals surface area contributed by atoms with Crippen LogP contribution in [0.3, 0.4) is 0 Å². The van der Waals surface area contributed by atoms with Crippen LogP contribution in [0.4, 0.5) is 0 Å². The monoisotopic (exact) mass is 350 g/mol. The zero-order valence-electron chi connectivity index (χ0n) is 15.8. The molecule has 0 radical (unpaired) electrons. The lowest BCUT2D eigenvalue weighted by Gasteiger charge is -2.30. The van der Waals surface area contributed by atoms with Crippen LogP contribution in [-0.2, 0) is 0 Å². The Hall–Kier alpha value is -2.09. The van der Waals surface area contributed by atoms with Crippen molar-refractivity contribution in [1.29, 1.82) is 0 Å². The first-order valence-corrected chi connectivity index (χ1v) is 10.1. The van der Waals surface area contributed by atoms with E-state index in [1.54, 1.807) is 6.07 Å². The Morgan fingerprint density at radius 2 is 1.73 bits per heavy atom. The van der Waals surface area contributed by atoms with Crippen LogP contribution in [0.15, 0.2) is 48.5 Å². The standard InChI is InChI=1S/C24H30O2/c1-2-3-5-8-18-11-13-20(14-12-18)23-17-21(24(25)26)15-16-22(23)19-9-6-4-7-10-19/h4,6-7,9-10,15-18,20H,2-3,5,8,11-14H2,1H3,(H,25,26). The predicted molar refractivity (Wildman–Crippen MR) is 108 cm³/mol. The van der Waals surface area contributed by atoms with E-state index in [1.165, 1.54) is 68.1 Å². The summed E-state index contributed by atoms with van der Waals surface area (Å²) in [6.45, 7) is 2.26. The van der Waals surface area contributed by atoms with Crippen LogP contribution in [-0.4, -0.2) is 11.1 Å². The van der Waals surface area contributed by atoms with Crippen molar-refractivity contribution in [3.05, 3.63) is 59.7 Å². The predicted octanol–water partition coefficient (Wildman–Crippen LogP) is 6.91. The molecule has 0 spiro atoms. The molecule has 2 heteroatoms. The molecule has 1 fully saturated rings.